The highest BCUT2D eigenvalue weighted by molar-refractivity contribution is 8.00. The lowest BCUT2D eigenvalue weighted by atomic mass is 10.2. The second-order valence-corrected chi connectivity index (χ2v) is 6.26. The molecule has 2 heterocycles. The molecule has 0 aliphatic heterocycles. The van der Waals surface area contributed by atoms with Gasteiger partial charge in [0.1, 0.15) is 10.6 Å². The van der Waals surface area contributed by atoms with Crippen LogP contribution in [0, 0.1) is 25.2 Å². The first-order valence-electron chi connectivity index (χ1n) is 5.12. The van der Waals surface area contributed by atoms with Crippen LogP contribution in [-0.4, -0.2) is 15.2 Å². The molecule has 0 aliphatic rings. The molecule has 4 nitrogen and oxygen atoms in total. The fourth-order valence-electron chi connectivity index (χ4n) is 1.50. The Morgan fingerprint density at radius 1 is 1.41 bits per heavy atom. The lowest BCUT2D eigenvalue weighted by Gasteiger charge is -2.03. The SMILES string of the molecule is Cc1sc2nc(SC(C)C#N)nc(N)c2c1C. The average molecular weight is 264 g/mol. The molecular weight excluding hydrogens is 252 g/mol. The number of fused-ring (bicyclic) bond motifs is 1. The Hall–Kier alpha value is -1.32. The zero-order valence-corrected chi connectivity index (χ0v) is 11.4. The molecule has 1 unspecified atom stereocenters. The van der Waals surface area contributed by atoms with Crippen LogP contribution in [0.5, 0.6) is 0 Å². The lowest BCUT2D eigenvalue weighted by molar-refractivity contribution is 1.01. The first-order chi connectivity index (χ1) is 8.02. The van der Waals surface area contributed by atoms with Crippen molar-refractivity contribution in [1.29, 1.82) is 5.26 Å². The summed E-state index contributed by atoms with van der Waals surface area (Å²) in [5.41, 5.74) is 7.09. The highest BCUT2D eigenvalue weighted by Crippen LogP contribution is 2.33. The highest BCUT2D eigenvalue weighted by atomic mass is 32.2. The van der Waals surface area contributed by atoms with Gasteiger partial charge < -0.3 is 5.73 Å². The molecule has 6 heteroatoms. The number of rotatable bonds is 2. The van der Waals surface area contributed by atoms with Crippen LogP contribution in [0.2, 0.25) is 0 Å². The normalized spacial score (nSPS) is 12.6. The number of hydrogen-bond donors (Lipinski definition) is 1. The fraction of sp³-hybridized carbons (Fsp3) is 0.364. The van der Waals surface area contributed by atoms with Gasteiger partial charge >= 0.3 is 0 Å². The van der Waals surface area contributed by atoms with Crippen LogP contribution < -0.4 is 5.73 Å². The number of nitrogens with two attached hydrogens (primary N) is 1. The van der Waals surface area contributed by atoms with Gasteiger partial charge in [-0.3, -0.25) is 0 Å². The molecule has 2 N–H and O–H groups in total. The van der Waals surface area contributed by atoms with Crippen LogP contribution in [0.25, 0.3) is 10.2 Å². The molecule has 0 saturated carbocycles. The van der Waals surface area contributed by atoms with Crippen molar-refractivity contribution in [3.05, 3.63) is 10.4 Å². The van der Waals surface area contributed by atoms with E-state index in [1.807, 2.05) is 20.8 Å². The summed E-state index contributed by atoms with van der Waals surface area (Å²) in [5.74, 6) is 0.504. The third-order valence-corrected chi connectivity index (χ3v) is 4.45. The van der Waals surface area contributed by atoms with Gasteiger partial charge in [-0.1, -0.05) is 11.8 Å². The van der Waals surface area contributed by atoms with Gasteiger partial charge in [0, 0.05) is 4.88 Å². The maximum absolute atomic E-state index is 8.77. The van der Waals surface area contributed by atoms with E-state index < -0.39 is 0 Å². The van der Waals surface area contributed by atoms with Crippen LogP contribution in [0.3, 0.4) is 0 Å². The van der Waals surface area contributed by atoms with Gasteiger partial charge in [-0.2, -0.15) is 5.26 Å². The summed E-state index contributed by atoms with van der Waals surface area (Å²) in [6.07, 6.45) is 0. The molecule has 0 aliphatic carbocycles. The van der Waals surface area contributed by atoms with E-state index in [0.29, 0.717) is 11.0 Å². The number of anilines is 1. The Labute approximate surface area is 108 Å². The van der Waals surface area contributed by atoms with Crippen molar-refractivity contribution in [2.75, 3.05) is 5.73 Å². The largest absolute Gasteiger partial charge is 0.383 e. The molecule has 0 radical (unpaired) electrons. The Morgan fingerprint density at radius 2 is 2.12 bits per heavy atom. The predicted octanol–water partition coefficient (Wildman–Crippen LogP) is 2.89. The van der Waals surface area contributed by atoms with Crippen LogP contribution >= 0.6 is 23.1 Å². The van der Waals surface area contributed by atoms with Gasteiger partial charge in [-0.25, -0.2) is 9.97 Å². The molecule has 0 aromatic carbocycles. The first kappa shape index (κ1) is 12.1. The molecule has 0 fully saturated rings. The molecule has 2 aromatic rings. The second-order valence-electron chi connectivity index (χ2n) is 3.74. The molecule has 2 rings (SSSR count). The monoisotopic (exact) mass is 264 g/mol. The van der Waals surface area contributed by atoms with E-state index in [1.54, 1.807) is 11.3 Å². The van der Waals surface area contributed by atoms with Gasteiger partial charge in [-0.15, -0.1) is 11.3 Å². The van der Waals surface area contributed by atoms with E-state index >= 15 is 0 Å². The molecule has 0 amide bonds. The summed E-state index contributed by atoms with van der Waals surface area (Å²) < 4.78 is 0. The van der Waals surface area contributed by atoms with Crippen LogP contribution in [-0.2, 0) is 0 Å². The summed E-state index contributed by atoms with van der Waals surface area (Å²) >= 11 is 2.95. The third-order valence-electron chi connectivity index (χ3n) is 2.50. The van der Waals surface area contributed by atoms with Crippen molar-refractivity contribution >= 4 is 39.1 Å². The summed E-state index contributed by atoms with van der Waals surface area (Å²) in [7, 11) is 0. The quantitative estimate of drug-likeness (QED) is 0.666. The number of nitriles is 1. The van der Waals surface area contributed by atoms with Crippen molar-refractivity contribution < 1.29 is 0 Å². The lowest BCUT2D eigenvalue weighted by Crippen LogP contribution is -1.99. The Kier molecular flexibility index (Phi) is 3.22. The van der Waals surface area contributed by atoms with Gasteiger partial charge in [0.05, 0.1) is 16.7 Å². The molecule has 0 bridgehead atoms. The van der Waals surface area contributed by atoms with Crippen molar-refractivity contribution in [1.82, 2.24) is 9.97 Å². The van der Waals surface area contributed by atoms with E-state index in [1.165, 1.54) is 16.6 Å². The summed E-state index contributed by atoms with van der Waals surface area (Å²) in [5, 5.41) is 10.1. The van der Waals surface area contributed by atoms with E-state index in [4.69, 9.17) is 11.0 Å². The zero-order chi connectivity index (χ0) is 12.6. The van der Waals surface area contributed by atoms with Gasteiger partial charge in [0.2, 0.25) is 0 Å². The van der Waals surface area contributed by atoms with E-state index in [-0.39, 0.29) is 5.25 Å². The Bertz CT molecular complexity index is 612. The Morgan fingerprint density at radius 3 is 2.76 bits per heavy atom. The summed E-state index contributed by atoms with van der Waals surface area (Å²) in [6, 6.07) is 2.14. The van der Waals surface area contributed by atoms with Crippen LogP contribution in [0.15, 0.2) is 5.16 Å². The number of thiophene rings is 1. The molecule has 17 heavy (non-hydrogen) atoms. The van der Waals surface area contributed by atoms with Gasteiger partial charge in [0.15, 0.2) is 5.16 Å². The van der Waals surface area contributed by atoms with Crippen LogP contribution in [0.4, 0.5) is 5.82 Å². The zero-order valence-electron chi connectivity index (χ0n) is 9.81. The number of aryl methyl sites for hydroxylation is 2. The minimum atomic E-state index is -0.172. The smallest absolute Gasteiger partial charge is 0.192 e. The molecule has 0 saturated heterocycles. The number of nitrogen functional groups attached to an aromatic ring is 1. The standard InChI is InChI=1S/C11H12N4S2/c1-5(4-12)16-11-14-9(13)8-6(2)7(3)17-10(8)15-11/h5H,1-3H3,(H2,13,14,15). The second kappa shape index (κ2) is 4.51. The van der Waals surface area contributed by atoms with E-state index in [0.717, 1.165) is 15.8 Å². The summed E-state index contributed by atoms with van der Waals surface area (Å²) in [6.45, 7) is 5.89. The van der Waals surface area contributed by atoms with Crippen molar-refractivity contribution in [3.63, 3.8) is 0 Å². The molecule has 88 valence electrons. The van der Waals surface area contributed by atoms with Crippen molar-refractivity contribution in [3.8, 4) is 6.07 Å². The minimum absolute atomic E-state index is 0.172. The highest BCUT2D eigenvalue weighted by Gasteiger charge is 2.14. The number of hydrogen-bond acceptors (Lipinski definition) is 6. The van der Waals surface area contributed by atoms with Crippen LogP contribution in [0.1, 0.15) is 17.4 Å². The summed E-state index contributed by atoms with van der Waals surface area (Å²) in [4.78, 5) is 10.8. The maximum Gasteiger partial charge on any atom is 0.192 e. The topological polar surface area (TPSA) is 75.6 Å². The Balaban J connectivity index is 2.53. The molecule has 0 spiro atoms. The van der Waals surface area contributed by atoms with Gasteiger partial charge in [-0.05, 0) is 26.3 Å². The van der Waals surface area contributed by atoms with Crippen molar-refractivity contribution in [2.24, 2.45) is 0 Å². The fourth-order valence-corrected chi connectivity index (χ4v) is 3.26. The number of nitrogens with zero attached hydrogens (tertiary/aromatic N) is 3. The van der Waals surface area contributed by atoms with Gasteiger partial charge in [0.25, 0.3) is 0 Å². The molecular formula is C11H12N4S2. The number of aromatic nitrogens is 2. The minimum Gasteiger partial charge on any atom is -0.383 e. The number of thioether (sulfide) groups is 1. The maximum atomic E-state index is 8.77. The van der Waals surface area contributed by atoms with E-state index in [2.05, 4.69) is 16.0 Å². The van der Waals surface area contributed by atoms with E-state index in [9.17, 15) is 0 Å². The third kappa shape index (κ3) is 2.21. The first-order valence-corrected chi connectivity index (χ1v) is 6.82. The molecule has 2 aromatic heterocycles. The average Bonchev–Trinajstić information content (AvgIpc) is 2.54. The predicted molar refractivity (Wildman–Crippen MR) is 72.2 cm³/mol. The van der Waals surface area contributed by atoms with Crippen molar-refractivity contribution in [2.45, 2.75) is 31.2 Å². The molecule has 1 atom stereocenters.